The van der Waals surface area contributed by atoms with E-state index in [0.717, 1.165) is 11.4 Å². The average molecular weight is 343 g/mol. The van der Waals surface area contributed by atoms with Crippen LogP contribution in [0.15, 0.2) is 33.4 Å². The predicted octanol–water partition coefficient (Wildman–Crippen LogP) is 2.28. The van der Waals surface area contributed by atoms with Gasteiger partial charge in [0.05, 0.1) is 18.5 Å². The Morgan fingerprint density at radius 2 is 2.24 bits per heavy atom. The fourth-order valence-corrected chi connectivity index (χ4v) is 2.59. The number of amides is 1. The lowest BCUT2D eigenvalue weighted by molar-refractivity contribution is -0.121. The molecule has 0 aromatic carbocycles. The molecule has 0 saturated carbocycles. The molecule has 0 aliphatic heterocycles. The van der Waals surface area contributed by atoms with Gasteiger partial charge in [-0.1, -0.05) is 5.16 Å². The molecular weight excluding hydrogens is 322 g/mol. The Kier molecular flexibility index (Phi) is 4.97. The summed E-state index contributed by atoms with van der Waals surface area (Å²) in [5.74, 6) is 1.27. The summed E-state index contributed by atoms with van der Waals surface area (Å²) < 4.78 is 12.2. The van der Waals surface area contributed by atoms with Crippen molar-refractivity contribution in [1.29, 1.82) is 0 Å². The van der Waals surface area contributed by atoms with E-state index < -0.39 is 0 Å². The lowest BCUT2D eigenvalue weighted by atomic mass is 10.2. The molecule has 1 unspecified atom stereocenters. The summed E-state index contributed by atoms with van der Waals surface area (Å²) in [6.45, 7) is 6.54. The number of nitrogens with zero attached hydrogens (tertiary/aromatic N) is 4. The molecule has 0 spiro atoms. The normalized spacial score (nSPS) is 12.3. The van der Waals surface area contributed by atoms with Crippen molar-refractivity contribution >= 4 is 5.91 Å². The molecular formula is C17H21N5O3. The average Bonchev–Trinajstić information content (AvgIpc) is 3.27. The number of nitrogens with one attached hydrogen (secondary N) is 1. The summed E-state index contributed by atoms with van der Waals surface area (Å²) in [5, 5.41) is 11.2. The molecule has 3 rings (SSSR count). The van der Waals surface area contributed by atoms with E-state index in [2.05, 4.69) is 20.6 Å². The van der Waals surface area contributed by atoms with Gasteiger partial charge in [-0.3, -0.25) is 9.48 Å². The third-order valence-electron chi connectivity index (χ3n) is 3.73. The first-order valence-corrected chi connectivity index (χ1v) is 8.18. The van der Waals surface area contributed by atoms with Crippen LogP contribution < -0.4 is 5.32 Å². The van der Waals surface area contributed by atoms with Gasteiger partial charge in [-0.25, -0.2) is 0 Å². The number of rotatable bonds is 7. The molecule has 0 radical (unpaired) electrons. The second-order valence-corrected chi connectivity index (χ2v) is 6.07. The van der Waals surface area contributed by atoms with Gasteiger partial charge in [-0.2, -0.15) is 10.1 Å². The molecule has 1 N–H and O–H groups in total. The molecule has 0 bridgehead atoms. The maximum absolute atomic E-state index is 12.1. The second-order valence-electron chi connectivity index (χ2n) is 6.07. The van der Waals surface area contributed by atoms with Crippen LogP contribution in [0.5, 0.6) is 0 Å². The lowest BCUT2D eigenvalue weighted by Crippen LogP contribution is -2.36. The van der Waals surface area contributed by atoms with E-state index in [1.54, 1.807) is 18.4 Å². The molecule has 0 aliphatic carbocycles. The first-order chi connectivity index (χ1) is 12.0. The van der Waals surface area contributed by atoms with Gasteiger partial charge in [-0.05, 0) is 39.0 Å². The second kappa shape index (κ2) is 7.33. The van der Waals surface area contributed by atoms with Gasteiger partial charge in [-0.15, -0.1) is 0 Å². The Morgan fingerprint density at radius 3 is 2.92 bits per heavy atom. The van der Waals surface area contributed by atoms with Crippen LogP contribution in [0.4, 0.5) is 0 Å². The maximum atomic E-state index is 12.1. The number of carbonyl (C=O) groups excluding carboxylic acids is 1. The Balaban J connectivity index is 1.47. The van der Waals surface area contributed by atoms with Crippen molar-refractivity contribution in [2.45, 2.75) is 46.2 Å². The van der Waals surface area contributed by atoms with E-state index in [1.807, 2.05) is 31.5 Å². The standard InChI is InChI=1S/C17H21N5O3/c1-11-9-13(3)22(20-11)10-12(2)18-15(23)6-7-16-19-17(21-25-16)14-5-4-8-24-14/h4-5,8-9,12H,6-7,10H2,1-3H3,(H,18,23). The fraction of sp³-hybridized carbons (Fsp3) is 0.412. The van der Waals surface area contributed by atoms with Gasteiger partial charge < -0.3 is 14.3 Å². The molecule has 1 amide bonds. The third-order valence-corrected chi connectivity index (χ3v) is 3.73. The van der Waals surface area contributed by atoms with Gasteiger partial charge in [0, 0.05) is 24.6 Å². The van der Waals surface area contributed by atoms with Crippen LogP contribution in [-0.4, -0.2) is 31.9 Å². The van der Waals surface area contributed by atoms with Crippen LogP contribution >= 0.6 is 0 Å². The predicted molar refractivity (Wildman–Crippen MR) is 89.6 cm³/mol. The lowest BCUT2D eigenvalue weighted by Gasteiger charge is -2.14. The van der Waals surface area contributed by atoms with Gasteiger partial charge in [0.15, 0.2) is 5.76 Å². The SMILES string of the molecule is Cc1cc(C)n(CC(C)NC(=O)CCc2nc(-c3ccco3)no2)n1. The quantitative estimate of drug-likeness (QED) is 0.706. The van der Waals surface area contributed by atoms with Crippen LogP contribution in [0.1, 0.15) is 30.6 Å². The fourth-order valence-electron chi connectivity index (χ4n) is 2.59. The summed E-state index contributed by atoms with van der Waals surface area (Å²) in [7, 11) is 0. The molecule has 8 heteroatoms. The van der Waals surface area contributed by atoms with Gasteiger partial charge in [0.1, 0.15) is 0 Å². The smallest absolute Gasteiger partial charge is 0.238 e. The van der Waals surface area contributed by atoms with Gasteiger partial charge in [0.2, 0.25) is 17.6 Å². The topological polar surface area (TPSA) is 99.0 Å². The minimum atomic E-state index is -0.0632. The van der Waals surface area contributed by atoms with E-state index in [0.29, 0.717) is 30.4 Å². The molecule has 25 heavy (non-hydrogen) atoms. The zero-order chi connectivity index (χ0) is 17.8. The van der Waals surface area contributed by atoms with E-state index >= 15 is 0 Å². The van der Waals surface area contributed by atoms with Crippen molar-refractivity contribution in [1.82, 2.24) is 25.2 Å². The number of aromatic nitrogens is 4. The molecule has 0 saturated heterocycles. The highest BCUT2D eigenvalue weighted by atomic mass is 16.5. The molecule has 3 aromatic heterocycles. The van der Waals surface area contributed by atoms with Crippen molar-refractivity contribution in [3.63, 3.8) is 0 Å². The monoisotopic (exact) mass is 343 g/mol. The molecule has 0 fully saturated rings. The zero-order valence-electron chi connectivity index (χ0n) is 14.5. The Bertz CT molecular complexity index is 834. The minimum Gasteiger partial charge on any atom is -0.461 e. The van der Waals surface area contributed by atoms with E-state index in [1.165, 1.54) is 0 Å². The largest absolute Gasteiger partial charge is 0.461 e. The minimum absolute atomic E-state index is 0.0214. The van der Waals surface area contributed by atoms with Crippen LogP contribution in [0, 0.1) is 13.8 Å². The number of hydrogen-bond donors (Lipinski definition) is 1. The third kappa shape index (κ3) is 4.34. The van der Waals surface area contributed by atoms with Crippen molar-refractivity contribution < 1.29 is 13.7 Å². The van der Waals surface area contributed by atoms with E-state index in [9.17, 15) is 4.79 Å². The van der Waals surface area contributed by atoms with E-state index in [-0.39, 0.29) is 18.4 Å². The number of aryl methyl sites for hydroxylation is 3. The van der Waals surface area contributed by atoms with Crippen LogP contribution in [0.3, 0.4) is 0 Å². The highest BCUT2D eigenvalue weighted by Gasteiger charge is 2.14. The molecule has 132 valence electrons. The first-order valence-electron chi connectivity index (χ1n) is 8.18. The zero-order valence-corrected chi connectivity index (χ0v) is 14.5. The maximum Gasteiger partial charge on any atom is 0.238 e. The van der Waals surface area contributed by atoms with E-state index in [4.69, 9.17) is 8.94 Å². The van der Waals surface area contributed by atoms with Crippen LogP contribution in [-0.2, 0) is 17.8 Å². The van der Waals surface area contributed by atoms with Crippen molar-refractivity contribution in [3.05, 3.63) is 41.7 Å². The summed E-state index contributed by atoms with van der Waals surface area (Å²) in [5.41, 5.74) is 2.05. The Labute approximate surface area is 145 Å². The number of hydrogen-bond acceptors (Lipinski definition) is 6. The number of furan rings is 1. The molecule has 3 heterocycles. The Hall–Kier alpha value is -2.90. The van der Waals surface area contributed by atoms with Crippen LogP contribution in [0.25, 0.3) is 11.6 Å². The summed E-state index contributed by atoms with van der Waals surface area (Å²) >= 11 is 0. The van der Waals surface area contributed by atoms with Gasteiger partial charge in [0.25, 0.3) is 0 Å². The molecule has 0 aliphatic rings. The van der Waals surface area contributed by atoms with Crippen molar-refractivity contribution in [3.8, 4) is 11.6 Å². The molecule has 1 atom stereocenters. The summed E-state index contributed by atoms with van der Waals surface area (Å²) in [6, 6.07) is 5.50. The molecule has 3 aromatic rings. The van der Waals surface area contributed by atoms with Crippen molar-refractivity contribution in [2.24, 2.45) is 0 Å². The van der Waals surface area contributed by atoms with Crippen LogP contribution in [0.2, 0.25) is 0 Å². The van der Waals surface area contributed by atoms with Crippen molar-refractivity contribution in [2.75, 3.05) is 0 Å². The summed E-state index contributed by atoms with van der Waals surface area (Å²) in [6.07, 6.45) is 2.20. The van der Waals surface area contributed by atoms with Gasteiger partial charge >= 0.3 is 0 Å². The Morgan fingerprint density at radius 1 is 1.40 bits per heavy atom. The highest BCUT2D eigenvalue weighted by molar-refractivity contribution is 5.76. The summed E-state index contributed by atoms with van der Waals surface area (Å²) in [4.78, 5) is 16.3. The molecule has 8 nitrogen and oxygen atoms in total. The number of carbonyl (C=O) groups is 1. The highest BCUT2D eigenvalue weighted by Crippen LogP contribution is 2.16. The first kappa shape index (κ1) is 16.9.